The van der Waals surface area contributed by atoms with Crippen LogP contribution in [-0.2, 0) is 68.2 Å². The van der Waals surface area contributed by atoms with Gasteiger partial charge in [-0.05, 0) is 403 Å². The molecule has 1 aromatic carbocycles. The monoisotopic (exact) mass is 1950 g/mol. The smallest absolute Gasteiger partial charge is 0.344 e. The third-order valence-electron chi connectivity index (χ3n) is 38.9. The number of Topliss-reactive ketones (excluding diaryl/α,β-unsaturated/α-hetero) is 1. The van der Waals surface area contributed by atoms with Crippen LogP contribution in [0.5, 0.6) is 11.5 Å². The van der Waals surface area contributed by atoms with Crippen LogP contribution < -0.4 is 4.74 Å². The minimum Gasteiger partial charge on any atom is -0.504 e. The fraction of sp³-hybridized carbons (Fsp3) is 0.767. The number of aliphatic hydroxyl groups is 6. The fourth-order valence-electron chi connectivity index (χ4n) is 31.0. The van der Waals surface area contributed by atoms with Gasteiger partial charge in [0.25, 0.3) is 0 Å². The Hall–Kier alpha value is -6.40. The van der Waals surface area contributed by atoms with Crippen molar-refractivity contribution in [2.75, 3.05) is 39.8 Å². The summed E-state index contributed by atoms with van der Waals surface area (Å²) >= 11 is 0. The Kier molecular flexibility index (Phi) is 36.3. The zero-order valence-corrected chi connectivity index (χ0v) is 86.7. The first-order valence-electron chi connectivity index (χ1n) is 56.8. The van der Waals surface area contributed by atoms with Gasteiger partial charge in [-0.3, -0.25) is 4.79 Å². The highest BCUT2D eigenvalue weighted by molar-refractivity contribution is 5.83. The van der Waals surface area contributed by atoms with Crippen LogP contribution in [-0.4, -0.2) is 165 Å². The molecule has 22 unspecified atom stereocenters. The summed E-state index contributed by atoms with van der Waals surface area (Å²) in [5.41, 5.74) is 5.48. The van der Waals surface area contributed by atoms with Crippen molar-refractivity contribution in [2.24, 2.45) is 107 Å². The lowest BCUT2D eigenvalue weighted by atomic mass is 9.56. The maximum absolute atomic E-state index is 16.4. The van der Waals surface area contributed by atoms with E-state index in [1.807, 2.05) is 32.1 Å². The second-order valence-electron chi connectivity index (χ2n) is 48.3. The SMILES string of the molecule is CC(C)(OC(=O)COC1=CC2CC3C(=O)CC(CCC4=C(CCc5ccc6c(c5O)OCC=C6OCO)C(CCC5=CCC(O)C=C5)C(CCC5=CC(O)C6=C(CC5)C(OCC(O)OC(C)(C)C5CCCCC5)=CCC6)C(CCC5CCC6C(OCC(=O)OC(C)(C)C7CCCCC7)CCC=CC6C5O)C4CCC4CCC5C(CCCC5C4O)OCC(=O)OC2(C)C2CCCCC2)CCC13)C1CCCCC1. The molecule has 3 heterocycles. The van der Waals surface area contributed by atoms with Crippen molar-refractivity contribution in [3.63, 3.8) is 0 Å². The van der Waals surface area contributed by atoms with Crippen LogP contribution in [0.1, 0.15) is 374 Å². The molecule has 7 N–H and O–H groups in total. The number of rotatable bonds is 31. The molecule has 10 fully saturated rings. The molecule has 8 saturated carbocycles. The number of phenolic OH excluding ortho intramolecular Hbond substituents is 1. The average Bonchev–Trinajstić information content (AvgIpc) is 1.67. The maximum Gasteiger partial charge on any atom is 0.344 e. The number of ether oxygens (including phenoxy) is 10. The van der Waals surface area contributed by atoms with Gasteiger partial charge in [-0.25, -0.2) is 14.4 Å². The van der Waals surface area contributed by atoms with Crippen molar-refractivity contribution < 1.29 is 102 Å². The molecule has 0 radical (unpaired) electrons. The zero-order valence-electron chi connectivity index (χ0n) is 86.7. The second-order valence-corrected chi connectivity index (χ2v) is 48.3. The number of ketones is 1. The van der Waals surface area contributed by atoms with Crippen LogP contribution in [0.25, 0.3) is 5.76 Å². The highest BCUT2D eigenvalue weighted by Crippen LogP contribution is 2.59. The number of allylic oxidation sites excluding steroid dienone is 9. The summed E-state index contributed by atoms with van der Waals surface area (Å²) in [6.45, 7) is 13.4. The first-order valence-corrected chi connectivity index (χ1v) is 56.8. The third-order valence-corrected chi connectivity index (χ3v) is 38.9. The zero-order chi connectivity index (χ0) is 98.7. The lowest BCUT2D eigenvalue weighted by Gasteiger charge is -2.50. The maximum atomic E-state index is 16.4. The summed E-state index contributed by atoms with van der Waals surface area (Å²) in [6.07, 6.45) is 57.0. The van der Waals surface area contributed by atoms with Gasteiger partial charge in [-0.15, -0.1) is 0 Å². The van der Waals surface area contributed by atoms with E-state index < -0.39 is 83.7 Å². The quantitative estimate of drug-likeness (QED) is 0.0157. The van der Waals surface area contributed by atoms with E-state index in [-0.39, 0.29) is 146 Å². The molecule has 21 nitrogen and oxygen atoms in total. The van der Waals surface area contributed by atoms with E-state index in [9.17, 15) is 45.3 Å². The number of fused-ring (bicyclic) bond motifs is 9. The van der Waals surface area contributed by atoms with Crippen LogP contribution in [0, 0.1) is 107 Å². The molecule has 2 saturated heterocycles. The van der Waals surface area contributed by atoms with Crippen LogP contribution >= 0.6 is 0 Å². The highest BCUT2D eigenvalue weighted by atomic mass is 16.6. The first-order chi connectivity index (χ1) is 68.1. The Labute approximate surface area is 842 Å². The Bertz CT molecular complexity index is 4680. The molecule has 7 bridgehead atoms. The van der Waals surface area contributed by atoms with E-state index in [1.54, 1.807) is 6.08 Å². The van der Waals surface area contributed by atoms with E-state index in [2.05, 4.69) is 77.2 Å². The number of aromatic hydroxyl groups is 1. The van der Waals surface area contributed by atoms with Crippen LogP contribution in [0.2, 0.25) is 0 Å². The molecule has 1 aromatic rings. The molecule has 0 spiro atoms. The topological polar surface area (TPSA) is 302 Å². The minimum atomic E-state index is -1.14. The van der Waals surface area contributed by atoms with Gasteiger partial charge in [0.2, 0.25) is 0 Å². The van der Waals surface area contributed by atoms with Gasteiger partial charge < -0.3 is 83.1 Å². The standard InChI is InChI=1S/C120H176O21/c1-117(2,81-24-12-8-13-25-81)138-109(125)70-133-104-35-21-20-32-98-95(104)61-48-78(113(98)129)45-58-91-88(54-41-76-43-56-94-93(102(123)66-76)33-22-36-105(94)134-71-110(126)139-118(3,4)82-26-14-9-15-27-82)87(53-40-75-38-51-86(122)52-39-75)90(60-47-80-50-63-100-107(137-74-121)64-65-132-116(100)115(80)131)89-55-42-77-44-57-97-101(103(124)67-77)68-85(69-108(97)136-72-111(127)140-119(5,6)83-28-16-10-17-29-83)120(7,84-30-18-11-19-31-84)141-112(128)73-135-106-37-23-34-99-96(106)62-49-79(114(99)130)46-59-92(89)91/h20,32,36,38-39,50-51,63-64,66,69,77-79,81-88,91-92,95-99,101-102,104,106,110,113-114,121-123,126,129-131H,8-19,21-31,33-35,37,40-49,52-62,65,67-68,70-74H2,1-7H3. The van der Waals surface area contributed by atoms with E-state index in [4.69, 9.17) is 47.4 Å². The molecule has 21 heteroatoms. The summed E-state index contributed by atoms with van der Waals surface area (Å²) in [5, 5.41) is 85.7. The van der Waals surface area contributed by atoms with Crippen molar-refractivity contribution in [1.82, 2.24) is 0 Å². The predicted molar refractivity (Wildman–Crippen MR) is 544 cm³/mol. The van der Waals surface area contributed by atoms with Crippen LogP contribution in [0.3, 0.4) is 0 Å². The van der Waals surface area contributed by atoms with Gasteiger partial charge in [0, 0.05) is 30.1 Å². The number of hydrogen-bond donors (Lipinski definition) is 7. The van der Waals surface area contributed by atoms with E-state index in [0.717, 1.165) is 235 Å². The van der Waals surface area contributed by atoms with Crippen molar-refractivity contribution >= 4 is 29.5 Å². The number of aliphatic hydroxyl groups excluding tert-OH is 6. The minimum absolute atomic E-state index is 0.00465. The molecule has 17 aliphatic rings. The van der Waals surface area contributed by atoms with Gasteiger partial charge in [0.15, 0.2) is 31.2 Å². The third kappa shape index (κ3) is 25.6. The average molecular weight is 1950 g/mol. The number of phenols is 1. The Morgan fingerprint density at radius 1 is 0.582 bits per heavy atom. The van der Waals surface area contributed by atoms with Crippen molar-refractivity contribution in [1.29, 1.82) is 0 Å². The van der Waals surface area contributed by atoms with Gasteiger partial charge >= 0.3 is 17.9 Å². The van der Waals surface area contributed by atoms with Gasteiger partial charge in [-0.1, -0.05) is 148 Å². The molecule has 18 rings (SSSR count). The summed E-state index contributed by atoms with van der Waals surface area (Å²) in [6, 6.07) is 3.92. The normalized spacial score (nSPS) is 34.0. The van der Waals surface area contributed by atoms with Gasteiger partial charge in [-0.2, -0.15) is 0 Å². The van der Waals surface area contributed by atoms with Crippen molar-refractivity contribution in [3.8, 4) is 11.5 Å². The molecule has 3 aliphatic heterocycles. The second kappa shape index (κ2) is 48.3. The summed E-state index contributed by atoms with van der Waals surface area (Å²) < 4.78 is 65.8. The van der Waals surface area contributed by atoms with Crippen molar-refractivity contribution in [3.05, 3.63) is 123 Å². The molecular weight excluding hydrogens is 1780 g/mol. The number of carbonyl (C=O) groups excluding carboxylic acids is 4. The summed E-state index contributed by atoms with van der Waals surface area (Å²) in [4.78, 5) is 60.2. The molecule has 782 valence electrons. The summed E-state index contributed by atoms with van der Waals surface area (Å²) in [7, 11) is 0. The highest BCUT2D eigenvalue weighted by Gasteiger charge is 2.55. The van der Waals surface area contributed by atoms with E-state index in [1.165, 1.54) is 41.6 Å². The molecule has 141 heavy (non-hydrogen) atoms. The number of aryl methyl sites for hydroxylation is 1. The first kappa shape index (κ1) is 106. The largest absolute Gasteiger partial charge is 0.504 e. The number of carbonyl (C=O) groups is 4. The predicted octanol–water partition coefficient (Wildman–Crippen LogP) is 23.2. The molecule has 0 aromatic heterocycles. The van der Waals surface area contributed by atoms with Gasteiger partial charge in [0.05, 0.1) is 53.5 Å². The Balaban J connectivity index is 0.756. The van der Waals surface area contributed by atoms with Gasteiger partial charge in [0.1, 0.15) is 60.5 Å². The number of esters is 3. The van der Waals surface area contributed by atoms with E-state index in [0.29, 0.717) is 124 Å². The Morgan fingerprint density at radius 2 is 1.28 bits per heavy atom. The molecule has 14 aliphatic carbocycles. The molecular formula is C120H176O21. The lowest BCUT2D eigenvalue weighted by molar-refractivity contribution is -0.210. The van der Waals surface area contributed by atoms with Crippen LogP contribution in [0.4, 0.5) is 0 Å². The summed E-state index contributed by atoms with van der Waals surface area (Å²) in [5.74, 6) is 0.207. The molecule has 0 amide bonds. The van der Waals surface area contributed by atoms with E-state index >= 15 is 9.59 Å². The fourth-order valence-corrected chi connectivity index (χ4v) is 31.0. The van der Waals surface area contributed by atoms with Crippen LogP contribution in [0.15, 0.2) is 112 Å². The Morgan fingerprint density at radius 3 is 2.01 bits per heavy atom. The molecule has 22 atom stereocenters. The number of benzene rings is 1. The lowest BCUT2D eigenvalue weighted by Crippen LogP contribution is -2.50. The number of hydrogen-bond acceptors (Lipinski definition) is 21. The van der Waals surface area contributed by atoms with Crippen molar-refractivity contribution in [2.45, 2.75) is 435 Å².